The molecular weight excluding hydrogens is 312 g/mol. The van der Waals surface area contributed by atoms with Crippen LogP contribution in [0.15, 0.2) is 42.0 Å². The van der Waals surface area contributed by atoms with Crippen molar-refractivity contribution in [1.82, 2.24) is 0 Å². The van der Waals surface area contributed by atoms with Crippen molar-refractivity contribution in [3.05, 3.63) is 53.1 Å². The van der Waals surface area contributed by atoms with E-state index in [-0.39, 0.29) is 11.4 Å². The number of aliphatic hydroxyl groups excluding tert-OH is 1. The van der Waals surface area contributed by atoms with Crippen LogP contribution in [0, 0.1) is 6.92 Å². The van der Waals surface area contributed by atoms with Crippen molar-refractivity contribution in [3.8, 4) is 11.5 Å². The van der Waals surface area contributed by atoms with Crippen molar-refractivity contribution in [3.63, 3.8) is 0 Å². The molecule has 2 N–H and O–H groups in total. The largest absolute Gasteiger partial charge is 0.507 e. The van der Waals surface area contributed by atoms with Crippen LogP contribution in [0.3, 0.4) is 0 Å². The second-order valence-electron chi connectivity index (χ2n) is 7.43. The van der Waals surface area contributed by atoms with E-state index in [0.717, 1.165) is 48.1 Å². The maximum Gasteiger partial charge on any atom is 0.131 e. The molecule has 0 aromatic heterocycles. The van der Waals surface area contributed by atoms with Gasteiger partial charge in [-0.1, -0.05) is 23.8 Å². The van der Waals surface area contributed by atoms with Gasteiger partial charge in [0, 0.05) is 0 Å². The van der Waals surface area contributed by atoms with Gasteiger partial charge in [0.2, 0.25) is 0 Å². The topological polar surface area (TPSA) is 49.7 Å². The Morgan fingerprint density at radius 1 is 1.36 bits per heavy atom. The molecule has 0 bridgehead atoms. The number of phenolic OH excluding ortho intramolecular Hbond substituents is 1. The van der Waals surface area contributed by atoms with Crippen LogP contribution in [-0.2, 0) is 0 Å². The van der Waals surface area contributed by atoms with E-state index in [4.69, 9.17) is 4.74 Å². The van der Waals surface area contributed by atoms with Gasteiger partial charge in [-0.2, -0.15) is 0 Å². The fourth-order valence-corrected chi connectivity index (χ4v) is 2.99. The summed E-state index contributed by atoms with van der Waals surface area (Å²) in [4.78, 5) is 0. The molecule has 0 saturated carbocycles. The van der Waals surface area contributed by atoms with Crippen LogP contribution in [0.5, 0.6) is 11.5 Å². The van der Waals surface area contributed by atoms with Crippen LogP contribution in [0.1, 0.15) is 57.6 Å². The molecule has 1 unspecified atom stereocenters. The van der Waals surface area contributed by atoms with Crippen molar-refractivity contribution >= 4 is 6.08 Å². The lowest BCUT2D eigenvalue weighted by Crippen LogP contribution is -2.31. The second-order valence-corrected chi connectivity index (χ2v) is 7.43. The van der Waals surface area contributed by atoms with E-state index in [1.54, 1.807) is 6.07 Å². The molecule has 136 valence electrons. The Bertz CT molecular complexity index is 699. The molecular formula is C22H30O3. The first kappa shape index (κ1) is 19.3. The number of aliphatic hydroxyl groups is 1. The number of benzene rings is 1. The highest BCUT2D eigenvalue weighted by Crippen LogP contribution is 2.38. The van der Waals surface area contributed by atoms with Gasteiger partial charge in [-0.15, -0.1) is 0 Å². The Labute approximate surface area is 151 Å². The summed E-state index contributed by atoms with van der Waals surface area (Å²) in [5, 5.41) is 19.8. The maximum atomic E-state index is 10.0. The van der Waals surface area contributed by atoms with Crippen LogP contribution >= 0.6 is 0 Å². The third-order valence-electron chi connectivity index (χ3n) is 4.72. The number of aromatic hydroxyl groups is 1. The molecule has 3 nitrogen and oxygen atoms in total. The highest BCUT2D eigenvalue weighted by Gasteiger charge is 2.28. The smallest absolute Gasteiger partial charge is 0.131 e. The summed E-state index contributed by atoms with van der Waals surface area (Å²) < 4.78 is 6.16. The summed E-state index contributed by atoms with van der Waals surface area (Å²) in [6, 6.07) is 3.72. The van der Waals surface area contributed by atoms with Crippen LogP contribution in [0.4, 0.5) is 0 Å². The zero-order chi connectivity index (χ0) is 18.6. The summed E-state index contributed by atoms with van der Waals surface area (Å²) >= 11 is 0. The molecule has 25 heavy (non-hydrogen) atoms. The molecule has 0 amide bonds. The predicted octanol–water partition coefficient (Wildman–Crippen LogP) is 5.31. The Balaban J connectivity index is 1.93. The highest BCUT2D eigenvalue weighted by molar-refractivity contribution is 5.67. The minimum atomic E-state index is -0.419. The van der Waals surface area contributed by atoms with Gasteiger partial charge in [0.15, 0.2) is 0 Å². The van der Waals surface area contributed by atoms with Crippen molar-refractivity contribution < 1.29 is 14.9 Å². The zero-order valence-electron chi connectivity index (χ0n) is 15.8. The van der Waals surface area contributed by atoms with Crippen molar-refractivity contribution in [1.29, 1.82) is 0 Å². The summed E-state index contributed by atoms with van der Waals surface area (Å²) in [5.74, 6) is 1.01. The Morgan fingerprint density at radius 3 is 2.76 bits per heavy atom. The van der Waals surface area contributed by atoms with Crippen molar-refractivity contribution in [2.24, 2.45) is 0 Å². The van der Waals surface area contributed by atoms with E-state index < -0.39 is 6.10 Å². The zero-order valence-corrected chi connectivity index (χ0v) is 15.8. The number of allylic oxidation sites excluding steroid dienone is 2. The molecule has 0 radical (unpaired) electrons. The molecule has 1 aliphatic rings. The van der Waals surface area contributed by atoms with Gasteiger partial charge in [0.05, 0.1) is 11.7 Å². The Morgan fingerprint density at radius 2 is 2.08 bits per heavy atom. The summed E-state index contributed by atoms with van der Waals surface area (Å²) in [6.45, 7) is 11.8. The number of hydrogen-bond acceptors (Lipinski definition) is 3. The van der Waals surface area contributed by atoms with Gasteiger partial charge in [-0.05, 0) is 83.2 Å². The quantitative estimate of drug-likeness (QED) is 0.660. The SMILES string of the molecule is C=C(C)C(O)CC/C(C)=C/CC[C@]1(C)C=Cc2c(O)cc(C)cc2O1. The number of ether oxygens (including phenoxy) is 1. The number of phenols is 1. The van der Waals surface area contributed by atoms with Gasteiger partial charge in [0.25, 0.3) is 0 Å². The van der Waals surface area contributed by atoms with Gasteiger partial charge in [-0.25, -0.2) is 0 Å². The minimum Gasteiger partial charge on any atom is -0.507 e. The average Bonchev–Trinajstić information content (AvgIpc) is 2.51. The first-order chi connectivity index (χ1) is 11.7. The van der Waals surface area contributed by atoms with Gasteiger partial charge in [-0.3, -0.25) is 0 Å². The van der Waals surface area contributed by atoms with Gasteiger partial charge in [0.1, 0.15) is 17.1 Å². The lowest BCUT2D eigenvalue weighted by atomic mass is 9.93. The average molecular weight is 342 g/mol. The minimum absolute atomic E-state index is 0.264. The first-order valence-corrected chi connectivity index (χ1v) is 8.91. The van der Waals surface area contributed by atoms with E-state index in [1.807, 2.05) is 32.1 Å². The van der Waals surface area contributed by atoms with Gasteiger partial charge < -0.3 is 14.9 Å². The van der Waals surface area contributed by atoms with E-state index >= 15 is 0 Å². The normalized spacial score (nSPS) is 20.8. The van der Waals surface area contributed by atoms with E-state index in [9.17, 15) is 10.2 Å². The second kappa shape index (κ2) is 7.92. The fraction of sp³-hybridized carbons (Fsp3) is 0.455. The first-order valence-electron chi connectivity index (χ1n) is 8.91. The van der Waals surface area contributed by atoms with Gasteiger partial charge >= 0.3 is 0 Å². The van der Waals surface area contributed by atoms with Crippen LogP contribution in [0.2, 0.25) is 0 Å². The fourth-order valence-electron chi connectivity index (χ4n) is 2.99. The van der Waals surface area contributed by atoms with E-state index in [1.165, 1.54) is 5.57 Å². The molecule has 0 spiro atoms. The third kappa shape index (κ3) is 5.23. The molecule has 0 aliphatic carbocycles. The molecule has 3 heteroatoms. The lowest BCUT2D eigenvalue weighted by molar-refractivity contribution is 0.128. The number of aryl methyl sites for hydroxylation is 1. The van der Waals surface area contributed by atoms with Crippen molar-refractivity contribution in [2.75, 3.05) is 0 Å². The number of rotatable bonds is 7. The molecule has 1 aromatic rings. The monoisotopic (exact) mass is 342 g/mol. The Kier molecular flexibility index (Phi) is 6.12. The molecule has 2 rings (SSSR count). The molecule has 1 heterocycles. The number of fused-ring (bicyclic) bond motifs is 1. The lowest BCUT2D eigenvalue weighted by Gasteiger charge is -2.32. The summed E-state index contributed by atoms with van der Waals surface area (Å²) in [6.07, 6.45) is 9.14. The maximum absolute atomic E-state index is 10.0. The van der Waals surface area contributed by atoms with E-state index in [2.05, 4.69) is 26.5 Å². The predicted molar refractivity (Wildman–Crippen MR) is 104 cm³/mol. The third-order valence-corrected chi connectivity index (χ3v) is 4.72. The molecule has 1 aromatic carbocycles. The highest BCUT2D eigenvalue weighted by atomic mass is 16.5. The molecule has 2 atom stereocenters. The van der Waals surface area contributed by atoms with Crippen LogP contribution in [-0.4, -0.2) is 21.9 Å². The van der Waals surface area contributed by atoms with E-state index in [0.29, 0.717) is 0 Å². The molecule has 0 saturated heterocycles. The molecule has 1 aliphatic heterocycles. The van der Waals surface area contributed by atoms with Crippen molar-refractivity contribution in [2.45, 2.75) is 65.1 Å². The number of hydrogen-bond donors (Lipinski definition) is 2. The van der Waals surface area contributed by atoms with Crippen LogP contribution in [0.25, 0.3) is 6.08 Å². The summed E-state index contributed by atoms with van der Waals surface area (Å²) in [7, 11) is 0. The van der Waals surface area contributed by atoms with Crippen LogP contribution < -0.4 is 4.74 Å². The Hall–Kier alpha value is -2.00. The summed E-state index contributed by atoms with van der Waals surface area (Å²) in [5.41, 5.74) is 3.46. The standard InChI is InChI=1S/C22H30O3/c1-15(2)19(23)9-8-16(3)7-6-11-22(5)12-10-18-20(24)13-17(4)14-21(18)25-22/h7,10,12-14,19,23-24H,1,6,8-9,11H2,2-5H3/b16-7+/t19?,22-/m1/s1. The molecule has 0 fully saturated rings.